The number of thiazole rings is 1. The molecule has 0 spiro atoms. The molecule has 2 aromatic rings. The van der Waals surface area contributed by atoms with Gasteiger partial charge in [-0.3, -0.25) is 0 Å². The van der Waals surface area contributed by atoms with Crippen LogP contribution in [0.2, 0.25) is 0 Å². The summed E-state index contributed by atoms with van der Waals surface area (Å²) < 4.78 is 6.81. The second-order valence-electron chi connectivity index (χ2n) is 4.05. The van der Waals surface area contributed by atoms with E-state index in [-0.39, 0.29) is 6.10 Å². The van der Waals surface area contributed by atoms with Crippen LogP contribution in [0.25, 0.3) is 10.2 Å². The van der Waals surface area contributed by atoms with Crippen LogP contribution in [0, 0.1) is 6.92 Å². The number of nitrogens with two attached hydrogens (primary N) is 1. The zero-order valence-electron chi connectivity index (χ0n) is 10.3. The fourth-order valence-corrected chi connectivity index (χ4v) is 2.97. The van der Waals surface area contributed by atoms with Gasteiger partial charge in [0.1, 0.15) is 0 Å². The fourth-order valence-electron chi connectivity index (χ4n) is 1.86. The average molecular weight is 250 g/mol. The van der Waals surface area contributed by atoms with Gasteiger partial charge < -0.3 is 10.5 Å². The number of hydrogen-bond acceptors (Lipinski definition) is 4. The standard InChI is InChI=1S/C13H18N2OS/c1-3-16-10(8-14)7-12-15-13-9(2)5-4-6-11(13)17-12/h4-6,10H,3,7-8,14H2,1-2H3. The van der Waals surface area contributed by atoms with Crippen molar-refractivity contribution in [2.75, 3.05) is 13.2 Å². The van der Waals surface area contributed by atoms with E-state index in [2.05, 4.69) is 30.1 Å². The molecule has 92 valence electrons. The Balaban J connectivity index is 2.21. The van der Waals surface area contributed by atoms with Gasteiger partial charge in [-0.25, -0.2) is 4.98 Å². The zero-order valence-corrected chi connectivity index (χ0v) is 11.1. The summed E-state index contributed by atoms with van der Waals surface area (Å²) in [6, 6.07) is 6.28. The van der Waals surface area contributed by atoms with Crippen molar-refractivity contribution >= 4 is 21.6 Å². The number of aryl methyl sites for hydroxylation is 1. The van der Waals surface area contributed by atoms with Gasteiger partial charge in [0.05, 0.1) is 21.3 Å². The lowest BCUT2D eigenvalue weighted by molar-refractivity contribution is 0.0694. The van der Waals surface area contributed by atoms with Gasteiger partial charge in [0.25, 0.3) is 0 Å². The Labute approximate surface area is 106 Å². The van der Waals surface area contributed by atoms with Crippen LogP contribution in [0.4, 0.5) is 0 Å². The molecule has 1 aromatic heterocycles. The smallest absolute Gasteiger partial charge is 0.0965 e. The monoisotopic (exact) mass is 250 g/mol. The van der Waals surface area contributed by atoms with E-state index in [9.17, 15) is 0 Å². The molecule has 1 aromatic carbocycles. The highest BCUT2D eigenvalue weighted by Crippen LogP contribution is 2.25. The molecule has 0 bridgehead atoms. The zero-order chi connectivity index (χ0) is 12.3. The molecule has 0 aliphatic carbocycles. The van der Waals surface area contributed by atoms with Gasteiger partial charge >= 0.3 is 0 Å². The van der Waals surface area contributed by atoms with E-state index < -0.39 is 0 Å². The number of benzene rings is 1. The predicted molar refractivity (Wildman–Crippen MR) is 72.5 cm³/mol. The summed E-state index contributed by atoms with van der Waals surface area (Å²) in [6.07, 6.45) is 0.893. The Bertz CT molecular complexity index is 495. The lowest BCUT2D eigenvalue weighted by Crippen LogP contribution is -2.26. The molecular weight excluding hydrogens is 232 g/mol. The highest BCUT2D eigenvalue weighted by molar-refractivity contribution is 7.18. The van der Waals surface area contributed by atoms with Crippen LogP contribution in [-0.4, -0.2) is 24.2 Å². The van der Waals surface area contributed by atoms with Gasteiger partial charge in [-0.05, 0) is 25.5 Å². The number of rotatable bonds is 5. The fraction of sp³-hybridized carbons (Fsp3) is 0.462. The maximum absolute atomic E-state index is 5.68. The first-order valence-electron chi connectivity index (χ1n) is 5.91. The first-order valence-corrected chi connectivity index (χ1v) is 6.73. The molecule has 1 unspecified atom stereocenters. The van der Waals surface area contributed by atoms with Crippen LogP contribution in [-0.2, 0) is 11.2 Å². The van der Waals surface area contributed by atoms with Crippen molar-refractivity contribution in [2.24, 2.45) is 5.73 Å². The molecule has 0 saturated carbocycles. The molecular formula is C13H18N2OS. The summed E-state index contributed by atoms with van der Waals surface area (Å²) >= 11 is 1.73. The molecule has 3 nitrogen and oxygen atoms in total. The minimum atomic E-state index is 0.0841. The molecule has 2 rings (SSSR count). The van der Waals surface area contributed by atoms with Crippen LogP contribution in [0.1, 0.15) is 17.5 Å². The molecule has 17 heavy (non-hydrogen) atoms. The number of fused-ring (bicyclic) bond motifs is 1. The summed E-state index contributed by atoms with van der Waals surface area (Å²) in [6.45, 7) is 5.33. The highest BCUT2D eigenvalue weighted by atomic mass is 32.1. The minimum Gasteiger partial charge on any atom is -0.377 e. The molecule has 0 saturated heterocycles. The van der Waals surface area contributed by atoms with Crippen molar-refractivity contribution in [3.8, 4) is 0 Å². The molecule has 0 amide bonds. The molecule has 0 aliphatic rings. The lowest BCUT2D eigenvalue weighted by Gasteiger charge is -2.12. The summed E-state index contributed by atoms with van der Waals surface area (Å²) in [4.78, 5) is 4.67. The maximum Gasteiger partial charge on any atom is 0.0965 e. The van der Waals surface area contributed by atoms with E-state index in [1.807, 2.05) is 6.92 Å². The van der Waals surface area contributed by atoms with Crippen molar-refractivity contribution in [3.05, 3.63) is 28.8 Å². The van der Waals surface area contributed by atoms with E-state index in [0.29, 0.717) is 13.2 Å². The van der Waals surface area contributed by atoms with Crippen LogP contribution in [0.15, 0.2) is 18.2 Å². The van der Waals surface area contributed by atoms with E-state index >= 15 is 0 Å². The summed E-state index contributed by atoms with van der Waals surface area (Å²) in [5.74, 6) is 0. The summed E-state index contributed by atoms with van der Waals surface area (Å²) in [5, 5.41) is 1.11. The molecule has 4 heteroatoms. The Morgan fingerprint density at radius 2 is 2.29 bits per heavy atom. The SMILES string of the molecule is CCOC(CN)Cc1nc2c(C)cccc2s1. The minimum absolute atomic E-state index is 0.0841. The van der Waals surface area contributed by atoms with E-state index in [1.165, 1.54) is 10.3 Å². The summed E-state index contributed by atoms with van der Waals surface area (Å²) in [7, 11) is 0. The third-order valence-corrected chi connectivity index (χ3v) is 3.78. The van der Waals surface area contributed by atoms with Crippen molar-refractivity contribution in [1.29, 1.82) is 0 Å². The molecule has 0 aliphatic heterocycles. The van der Waals surface area contributed by atoms with Crippen LogP contribution >= 0.6 is 11.3 Å². The summed E-state index contributed by atoms with van der Waals surface area (Å²) in [5.41, 5.74) is 8.02. The average Bonchev–Trinajstić information content (AvgIpc) is 2.72. The van der Waals surface area contributed by atoms with Crippen molar-refractivity contribution in [1.82, 2.24) is 4.98 Å². The predicted octanol–water partition coefficient (Wildman–Crippen LogP) is 2.51. The first kappa shape index (κ1) is 12.5. The van der Waals surface area contributed by atoms with Crippen LogP contribution in [0.3, 0.4) is 0 Å². The topological polar surface area (TPSA) is 48.1 Å². The van der Waals surface area contributed by atoms with Crippen LogP contribution < -0.4 is 5.73 Å². The van der Waals surface area contributed by atoms with E-state index in [4.69, 9.17) is 10.5 Å². The van der Waals surface area contributed by atoms with E-state index in [0.717, 1.165) is 16.9 Å². The Hall–Kier alpha value is -0.970. The molecule has 1 atom stereocenters. The van der Waals surface area contributed by atoms with Crippen molar-refractivity contribution in [2.45, 2.75) is 26.4 Å². The Kier molecular flexibility index (Phi) is 4.10. The van der Waals surface area contributed by atoms with Gasteiger partial charge in [0.15, 0.2) is 0 Å². The highest BCUT2D eigenvalue weighted by Gasteiger charge is 2.12. The number of nitrogens with zero attached hydrogens (tertiary/aromatic N) is 1. The quantitative estimate of drug-likeness (QED) is 0.887. The second kappa shape index (κ2) is 5.58. The number of hydrogen-bond donors (Lipinski definition) is 1. The molecule has 0 radical (unpaired) electrons. The third-order valence-electron chi connectivity index (χ3n) is 2.73. The Morgan fingerprint density at radius 1 is 1.47 bits per heavy atom. The van der Waals surface area contributed by atoms with E-state index in [1.54, 1.807) is 11.3 Å². The van der Waals surface area contributed by atoms with Gasteiger partial charge in [-0.15, -0.1) is 11.3 Å². The van der Waals surface area contributed by atoms with Crippen molar-refractivity contribution < 1.29 is 4.74 Å². The third kappa shape index (κ3) is 2.83. The van der Waals surface area contributed by atoms with Crippen LogP contribution in [0.5, 0.6) is 0 Å². The molecule has 1 heterocycles. The molecule has 2 N–H and O–H groups in total. The van der Waals surface area contributed by atoms with Gasteiger partial charge in [-0.2, -0.15) is 0 Å². The Morgan fingerprint density at radius 3 is 2.94 bits per heavy atom. The second-order valence-corrected chi connectivity index (χ2v) is 5.16. The maximum atomic E-state index is 5.68. The number of ether oxygens (including phenoxy) is 1. The number of aromatic nitrogens is 1. The van der Waals surface area contributed by atoms with Gasteiger partial charge in [-0.1, -0.05) is 12.1 Å². The van der Waals surface area contributed by atoms with Gasteiger partial charge in [0, 0.05) is 19.6 Å². The largest absolute Gasteiger partial charge is 0.377 e. The lowest BCUT2D eigenvalue weighted by atomic mass is 10.2. The first-order chi connectivity index (χ1) is 8.24. The number of para-hydroxylation sites is 1. The van der Waals surface area contributed by atoms with Gasteiger partial charge in [0.2, 0.25) is 0 Å². The van der Waals surface area contributed by atoms with Crippen molar-refractivity contribution in [3.63, 3.8) is 0 Å². The molecule has 0 fully saturated rings. The normalized spacial score (nSPS) is 13.1.